The molecule has 1 heterocycles. The monoisotopic (exact) mass is 526 g/mol. The lowest BCUT2D eigenvalue weighted by molar-refractivity contribution is 0.0455. The Bertz CT molecular complexity index is 1240. The van der Waals surface area contributed by atoms with E-state index in [-0.39, 0.29) is 40.8 Å². The minimum Gasteiger partial charge on any atom is -0.491 e. The van der Waals surface area contributed by atoms with E-state index in [1.165, 1.54) is 6.07 Å². The van der Waals surface area contributed by atoms with Crippen LogP contribution in [0.1, 0.15) is 56.2 Å². The summed E-state index contributed by atoms with van der Waals surface area (Å²) in [5, 5.41) is 2.89. The van der Waals surface area contributed by atoms with Gasteiger partial charge < -0.3 is 30.0 Å². The summed E-state index contributed by atoms with van der Waals surface area (Å²) in [5.41, 5.74) is 7.07. The van der Waals surface area contributed by atoms with Gasteiger partial charge in [0.1, 0.15) is 34.6 Å². The third kappa shape index (κ3) is 7.23. The van der Waals surface area contributed by atoms with Gasteiger partial charge in [-0.25, -0.2) is 9.59 Å². The molecule has 2 aromatic carbocycles. The molecule has 37 heavy (non-hydrogen) atoms. The fourth-order valence-electron chi connectivity index (χ4n) is 3.33. The van der Waals surface area contributed by atoms with Crippen LogP contribution in [-0.2, 0) is 9.47 Å². The SMILES string of the molecule is CCCOc1ccc(C(=O)Nc2sc(C(=O)OCCOc3ccccc3)c(C)c2C(=O)OCC)cc1N. The summed E-state index contributed by atoms with van der Waals surface area (Å²) >= 11 is 0.940. The molecule has 0 bridgehead atoms. The van der Waals surface area contributed by atoms with E-state index in [0.29, 0.717) is 29.4 Å². The number of thiophene rings is 1. The third-order valence-electron chi connectivity index (χ3n) is 5.10. The zero-order chi connectivity index (χ0) is 26.8. The second kappa shape index (κ2) is 13.3. The predicted molar refractivity (Wildman–Crippen MR) is 142 cm³/mol. The number of amides is 1. The van der Waals surface area contributed by atoms with Crippen LogP contribution in [0, 0.1) is 6.92 Å². The van der Waals surface area contributed by atoms with Crippen LogP contribution in [-0.4, -0.2) is 44.3 Å². The lowest BCUT2D eigenvalue weighted by Crippen LogP contribution is -2.15. The number of carbonyl (C=O) groups is 3. The molecule has 0 atom stereocenters. The van der Waals surface area contributed by atoms with Crippen LogP contribution < -0.4 is 20.5 Å². The summed E-state index contributed by atoms with van der Waals surface area (Å²) < 4.78 is 21.6. The fourth-order valence-corrected chi connectivity index (χ4v) is 4.41. The van der Waals surface area contributed by atoms with Crippen LogP contribution >= 0.6 is 11.3 Å². The molecule has 10 heteroatoms. The Morgan fingerprint density at radius 2 is 1.68 bits per heavy atom. The summed E-state index contributed by atoms with van der Waals surface area (Å²) in [5.74, 6) is -0.644. The van der Waals surface area contributed by atoms with E-state index < -0.39 is 17.8 Å². The second-order valence-corrected chi connectivity index (χ2v) is 8.85. The van der Waals surface area contributed by atoms with Crippen molar-refractivity contribution in [3.63, 3.8) is 0 Å². The number of hydrogen-bond donors (Lipinski definition) is 2. The number of carbonyl (C=O) groups excluding carboxylic acids is 3. The van der Waals surface area contributed by atoms with Crippen molar-refractivity contribution >= 4 is 39.9 Å². The van der Waals surface area contributed by atoms with Gasteiger partial charge in [-0.05, 0) is 56.2 Å². The van der Waals surface area contributed by atoms with Crippen LogP contribution in [0.15, 0.2) is 48.5 Å². The van der Waals surface area contributed by atoms with E-state index in [1.807, 2.05) is 25.1 Å². The molecule has 3 aromatic rings. The number of para-hydroxylation sites is 1. The number of nitrogen functional groups attached to an aromatic ring is 1. The summed E-state index contributed by atoms with van der Waals surface area (Å²) in [4.78, 5) is 38.6. The fraction of sp³-hybridized carbons (Fsp3) is 0.296. The molecule has 0 aliphatic carbocycles. The van der Waals surface area contributed by atoms with Crippen molar-refractivity contribution in [3.8, 4) is 11.5 Å². The molecule has 0 saturated carbocycles. The minimum absolute atomic E-state index is 0.00717. The molecule has 0 spiro atoms. The van der Waals surface area contributed by atoms with Gasteiger partial charge in [-0.3, -0.25) is 4.79 Å². The molecular formula is C27H30N2O7S. The van der Waals surface area contributed by atoms with Gasteiger partial charge >= 0.3 is 11.9 Å². The summed E-state index contributed by atoms with van der Waals surface area (Å²) in [6, 6.07) is 13.8. The van der Waals surface area contributed by atoms with Crippen molar-refractivity contribution < 1.29 is 33.3 Å². The highest BCUT2D eigenvalue weighted by Gasteiger charge is 2.27. The number of anilines is 2. The van der Waals surface area contributed by atoms with Gasteiger partial charge in [-0.2, -0.15) is 0 Å². The number of ether oxygens (including phenoxy) is 4. The van der Waals surface area contributed by atoms with Gasteiger partial charge in [0.05, 0.1) is 24.5 Å². The highest BCUT2D eigenvalue weighted by Crippen LogP contribution is 2.35. The number of nitrogens with two attached hydrogens (primary N) is 1. The Morgan fingerprint density at radius 3 is 2.35 bits per heavy atom. The van der Waals surface area contributed by atoms with Crippen molar-refractivity contribution in [2.24, 2.45) is 0 Å². The van der Waals surface area contributed by atoms with Gasteiger partial charge in [0, 0.05) is 5.56 Å². The quantitative estimate of drug-likeness (QED) is 0.190. The summed E-state index contributed by atoms with van der Waals surface area (Å²) in [7, 11) is 0. The highest BCUT2D eigenvalue weighted by molar-refractivity contribution is 7.18. The highest BCUT2D eigenvalue weighted by atomic mass is 32.1. The third-order valence-corrected chi connectivity index (χ3v) is 6.29. The normalized spacial score (nSPS) is 10.5. The Morgan fingerprint density at radius 1 is 0.919 bits per heavy atom. The summed E-state index contributed by atoms with van der Waals surface area (Å²) in [6.45, 7) is 6.06. The van der Waals surface area contributed by atoms with Crippen molar-refractivity contribution in [1.82, 2.24) is 0 Å². The first-order chi connectivity index (χ1) is 17.8. The maximum absolute atomic E-state index is 13.0. The first kappa shape index (κ1) is 27.5. The zero-order valence-electron chi connectivity index (χ0n) is 21.0. The van der Waals surface area contributed by atoms with Crippen molar-refractivity contribution in [1.29, 1.82) is 0 Å². The zero-order valence-corrected chi connectivity index (χ0v) is 21.8. The van der Waals surface area contributed by atoms with Gasteiger partial charge in [0.2, 0.25) is 0 Å². The molecule has 1 aromatic heterocycles. The molecule has 0 radical (unpaired) electrons. The Labute approximate surface area is 219 Å². The molecule has 196 valence electrons. The standard InChI is InChI=1S/C27H30N2O7S/c1-4-13-35-21-12-11-18(16-20(21)28)24(30)29-25-22(26(31)33-5-2)17(3)23(37-25)27(32)36-15-14-34-19-9-7-6-8-10-19/h6-12,16H,4-5,13-15,28H2,1-3H3,(H,29,30). The van der Waals surface area contributed by atoms with Crippen LogP contribution in [0.4, 0.5) is 10.7 Å². The minimum atomic E-state index is -0.652. The van der Waals surface area contributed by atoms with Gasteiger partial charge in [-0.15, -0.1) is 11.3 Å². The van der Waals surface area contributed by atoms with E-state index in [1.54, 1.807) is 38.1 Å². The van der Waals surface area contributed by atoms with E-state index >= 15 is 0 Å². The van der Waals surface area contributed by atoms with Crippen LogP contribution in [0.3, 0.4) is 0 Å². The molecule has 1 amide bonds. The number of benzene rings is 2. The Balaban J connectivity index is 1.75. The molecule has 3 rings (SSSR count). The number of rotatable bonds is 12. The average Bonchev–Trinajstić information content (AvgIpc) is 3.22. The van der Waals surface area contributed by atoms with Crippen molar-refractivity contribution in [2.75, 3.05) is 37.5 Å². The van der Waals surface area contributed by atoms with Crippen LogP contribution in [0.25, 0.3) is 0 Å². The molecule has 0 saturated heterocycles. The van der Waals surface area contributed by atoms with Crippen molar-refractivity contribution in [2.45, 2.75) is 27.2 Å². The predicted octanol–water partition coefficient (Wildman–Crippen LogP) is 5.09. The number of esters is 2. The molecular weight excluding hydrogens is 496 g/mol. The van der Waals surface area contributed by atoms with Crippen LogP contribution in [0.5, 0.6) is 11.5 Å². The molecule has 0 aliphatic heterocycles. The second-order valence-electron chi connectivity index (χ2n) is 7.83. The van der Waals surface area contributed by atoms with E-state index in [2.05, 4.69) is 5.32 Å². The molecule has 0 unspecified atom stereocenters. The lowest BCUT2D eigenvalue weighted by atomic mass is 10.1. The van der Waals surface area contributed by atoms with Gasteiger partial charge in [0.15, 0.2) is 0 Å². The maximum Gasteiger partial charge on any atom is 0.348 e. The smallest absolute Gasteiger partial charge is 0.348 e. The van der Waals surface area contributed by atoms with Crippen molar-refractivity contribution in [3.05, 3.63) is 70.1 Å². The lowest BCUT2D eigenvalue weighted by Gasteiger charge is -2.10. The number of hydrogen-bond acceptors (Lipinski definition) is 9. The van der Waals surface area contributed by atoms with Gasteiger partial charge in [-0.1, -0.05) is 25.1 Å². The first-order valence-electron chi connectivity index (χ1n) is 11.8. The van der Waals surface area contributed by atoms with E-state index in [0.717, 1.165) is 17.8 Å². The van der Waals surface area contributed by atoms with Crippen LogP contribution in [0.2, 0.25) is 0 Å². The molecule has 0 aliphatic rings. The molecule has 9 nitrogen and oxygen atoms in total. The largest absolute Gasteiger partial charge is 0.491 e. The topological polar surface area (TPSA) is 126 Å². The molecule has 0 fully saturated rings. The van der Waals surface area contributed by atoms with E-state index in [4.69, 9.17) is 24.7 Å². The maximum atomic E-state index is 13.0. The number of nitrogens with one attached hydrogen (secondary N) is 1. The Kier molecular flexibility index (Phi) is 9.91. The Hall–Kier alpha value is -4.05. The van der Waals surface area contributed by atoms with Gasteiger partial charge in [0.25, 0.3) is 5.91 Å². The average molecular weight is 527 g/mol. The first-order valence-corrected chi connectivity index (χ1v) is 12.7. The van der Waals surface area contributed by atoms with E-state index in [9.17, 15) is 14.4 Å². The molecule has 3 N–H and O–H groups in total. The summed E-state index contributed by atoms with van der Waals surface area (Å²) in [6.07, 6.45) is 0.820.